The van der Waals surface area contributed by atoms with Crippen LogP contribution in [0, 0.1) is 0 Å². The predicted octanol–water partition coefficient (Wildman–Crippen LogP) is 11.7. The summed E-state index contributed by atoms with van der Waals surface area (Å²) in [6.45, 7) is 9.75. The summed E-state index contributed by atoms with van der Waals surface area (Å²) in [6, 6.07) is 47.7. The van der Waals surface area contributed by atoms with E-state index in [0.29, 0.717) is 0 Å². The molecule has 214 valence electrons. The van der Waals surface area contributed by atoms with Crippen molar-refractivity contribution in [2.45, 2.75) is 38.5 Å². The highest BCUT2D eigenvalue weighted by Crippen LogP contribution is 2.59. The Morgan fingerprint density at radius 2 is 0.867 bits per heavy atom. The van der Waals surface area contributed by atoms with E-state index in [-0.39, 0.29) is 10.8 Å². The van der Waals surface area contributed by atoms with Gasteiger partial charge in [0.05, 0.1) is 11.0 Å². The molecular weight excluding hydrogens is 542 g/mol. The van der Waals surface area contributed by atoms with Crippen LogP contribution in [0.4, 0.5) is 0 Å². The summed E-state index contributed by atoms with van der Waals surface area (Å²) in [4.78, 5) is 0. The van der Waals surface area contributed by atoms with Crippen LogP contribution in [0.5, 0.6) is 0 Å². The standard InChI is InChI=1S/C44H33N/c1-43(2)33-22-18-26-12-8-10-16-29(26)37(33)31-20-24-35-39(41(31)43)40-36(45(35)28-14-6-5-7-15-28)25-21-32-38-30-17-11-9-13-27(30)19-23-34(38)44(3,4)42(32)40/h5-25H,1-4H3. The zero-order valence-electron chi connectivity index (χ0n) is 26.1. The summed E-state index contributed by atoms with van der Waals surface area (Å²) in [7, 11) is 0. The van der Waals surface area contributed by atoms with Gasteiger partial charge in [-0.25, -0.2) is 0 Å². The molecule has 45 heavy (non-hydrogen) atoms. The summed E-state index contributed by atoms with van der Waals surface area (Å²) < 4.78 is 2.51. The largest absolute Gasteiger partial charge is 0.309 e. The number of rotatable bonds is 1. The fourth-order valence-electron chi connectivity index (χ4n) is 9.20. The number of hydrogen-bond donors (Lipinski definition) is 0. The van der Waals surface area contributed by atoms with Crippen molar-refractivity contribution in [3.8, 4) is 27.9 Å². The van der Waals surface area contributed by atoms with Gasteiger partial charge in [0.15, 0.2) is 0 Å². The molecule has 2 aliphatic rings. The Hall–Kier alpha value is -5.14. The Morgan fingerprint density at radius 1 is 0.422 bits per heavy atom. The molecule has 0 unspecified atom stereocenters. The molecule has 0 atom stereocenters. The van der Waals surface area contributed by atoms with E-state index in [1.807, 2.05) is 0 Å². The van der Waals surface area contributed by atoms with Gasteiger partial charge in [-0.05, 0) is 90.3 Å². The number of hydrogen-bond acceptors (Lipinski definition) is 0. The zero-order chi connectivity index (χ0) is 30.2. The number of para-hydroxylation sites is 1. The highest BCUT2D eigenvalue weighted by Gasteiger charge is 2.43. The molecule has 0 fully saturated rings. The van der Waals surface area contributed by atoms with Crippen molar-refractivity contribution < 1.29 is 0 Å². The first kappa shape index (κ1) is 25.2. The lowest BCUT2D eigenvalue weighted by Gasteiger charge is -2.25. The monoisotopic (exact) mass is 575 g/mol. The summed E-state index contributed by atoms with van der Waals surface area (Å²) in [5.74, 6) is 0. The number of fused-ring (bicyclic) bond motifs is 15. The summed E-state index contributed by atoms with van der Waals surface area (Å²) >= 11 is 0. The van der Waals surface area contributed by atoms with Crippen molar-refractivity contribution in [1.82, 2.24) is 4.57 Å². The van der Waals surface area contributed by atoms with Crippen LogP contribution in [0.1, 0.15) is 49.9 Å². The number of aromatic nitrogens is 1. The minimum Gasteiger partial charge on any atom is -0.309 e. The molecule has 0 bridgehead atoms. The Balaban J connectivity index is 1.43. The average molecular weight is 576 g/mol. The third kappa shape index (κ3) is 2.99. The second-order valence-corrected chi connectivity index (χ2v) is 14.1. The Labute approximate surface area is 263 Å². The van der Waals surface area contributed by atoms with Gasteiger partial charge in [0.1, 0.15) is 0 Å². The maximum absolute atomic E-state index is 2.51. The van der Waals surface area contributed by atoms with E-state index in [2.05, 4.69) is 160 Å². The third-order valence-corrected chi connectivity index (χ3v) is 11.1. The Bertz CT molecular complexity index is 2420. The molecule has 0 spiro atoms. The maximum atomic E-state index is 2.51. The molecule has 0 saturated heterocycles. The van der Waals surface area contributed by atoms with Crippen LogP contribution >= 0.6 is 0 Å². The topological polar surface area (TPSA) is 4.93 Å². The van der Waals surface area contributed by atoms with Crippen molar-refractivity contribution in [3.05, 3.63) is 150 Å². The van der Waals surface area contributed by atoms with Crippen molar-refractivity contribution in [3.63, 3.8) is 0 Å². The normalized spacial score (nSPS) is 15.5. The third-order valence-electron chi connectivity index (χ3n) is 11.1. The van der Waals surface area contributed by atoms with Gasteiger partial charge in [-0.1, -0.05) is 131 Å². The minimum atomic E-state index is -0.158. The molecule has 1 aromatic heterocycles. The molecule has 0 N–H and O–H groups in total. The lowest BCUT2D eigenvalue weighted by molar-refractivity contribution is 0.663. The van der Waals surface area contributed by atoms with Crippen LogP contribution in [-0.4, -0.2) is 4.57 Å². The fraction of sp³-hybridized carbons (Fsp3) is 0.136. The van der Waals surface area contributed by atoms with Crippen molar-refractivity contribution in [1.29, 1.82) is 0 Å². The van der Waals surface area contributed by atoms with E-state index in [0.717, 1.165) is 0 Å². The molecule has 7 aromatic carbocycles. The summed E-state index contributed by atoms with van der Waals surface area (Å²) in [5, 5.41) is 8.10. The first-order valence-electron chi connectivity index (χ1n) is 16.1. The Morgan fingerprint density at radius 3 is 1.36 bits per heavy atom. The van der Waals surface area contributed by atoms with Gasteiger partial charge < -0.3 is 4.57 Å². The summed E-state index contributed by atoms with van der Waals surface area (Å²) in [5.41, 5.74) is 14.8. The molecule has 0 amide bonds. The molecule has 0 saturated carbocycles. The Kier molecular flexibility index (Phi) is 4.66. The van der Waals surface area contributed by atoms with Gasteiger partial charge in [-0.3, -0.25) is 0 Å². The van der Waals surface area contributed by atoms with E-state index in [1.54, 1.807) is 0 Å². The van der Waals surface area contributed by atoms with E-state index in [9.17, 15) is 0 Å². The van der Waals surface area contributed by atoms with Gasteiger partial charge >= 0.3 is 0 Å². The second-order valence-electron chi connectivity index (χ2n) is 14.1. The smallest absolute Gasteiger partial charge is 0.0544 e. The van der Waals surface area contributed by atoms with Crippen molar-refractivity contribution >= 4 is 43.4 Å². The van der Waals surface area contributed by atoms with Gasteiger partial charge in [0.2, 0.25) is 0 Å². The van der Waals surface area contributed by atoms with Crippen LogP contribution < -0.4 is 0 Å². The molecule has 0 aliphatic heterocycles. The first-order valence-corrected chi connectivity index (χ1v) is 16.1. The molecule has 0 radical (unpaired) electrons. The maximum Gasteiger partial charge on any atom is 0.0544 e. The van der Waals surface area contributed by atoms with E-state index < -0.39 is 0 Å². The molecule has 2 aliphatic carbocycles. The minimum absolute atomic E-state index is 0.158. The molecular formula is C44H33N. The SMILES string of the molecule is CC1(C)c2ccc3ccccc3c2-c2ccc3c(c21)c1c2c(ccc1n3-c1ccccc1)-c1c(ccc3ccccc13)C2(C)C. The lowest BCUT2D eigenvalue weighted by atomic mass is 9.77. The number of nitrogens with zero attached hydrogens (tertiary/aromatic N) is 1. The van der Waals surface area contributed by atoms with Gasteiger partial charge in [-0.2, -0.15) is 0 Å². The van der Waals surface area contributed by atoms with E-state index >= 15 is 0 Å². The highest BCUT2D eigenvalue weighted by molar-refractivity contribution is 6.20. The van der Waals surface area contributed by atoms with Gasteiger partial charge in [0, 0.05) is 27.3 Å². The van der Waals surface area contributed by atoms with Crippen LogP contribution in [0.25, 0.3) is 71.3 Å². The van der Waals surface area contributed by atoms with Crippen molar-refractivity contribution in [2.75, 3.05) is 0 Å². The average Bonchev–Trinajstić information content (AvgIpc) is 3.61. The highest BCUT2D eigenvalue weighted by atomic mass is 15.0. The second kappa shape index (κ2) is 8.31. The van der Waals surface area contributed by atoms with Crippen LogP contribution in [0.15, 0.2) is 127 Å². The first-order chi connectivity index (χ1) is 21.9. The molecule has 10 rings (SSSR count). The molecule has 8 aromatic rings. The van der Waals surface area contributed by atoms with Gasteiger partial charge in [0.25, 0.3) is 0 Å². The zero-order valence-corrected chi connectivity index (χ0v) is 26.1. The van der Waals surface area contributed by atoms with E-state index in [1.165, 1.54) is 93.5 Å². The summed E-state index contributed by atoms with van der Waals surface area (Å²) in [6.07, 6.45) is 0. The molecule has 1 nitrogen and oxygen atoms in total. The molecule has 1 heterocycles. The van der Waals surface area contributed by atoms with Gasteiger partial charge in [-0.15, -0.1) is 0 Å². The van der Waals surface area contributed by atoms with Crippen LogP contribution in [-0.2, 0) is 10.8 Å². The van der Waals surface area contributed by atoms with Crippen LogP contribution in [0.2, 0.25) is 0 Å². The number of benzene rings is 7. The predicted molar refractivity (Wildman–Crippen MR) is 191 cm³/mol. The fourth-order valence-corrected chi connectivity index (χ4v) is 9.20. The quantitative estimate of drug-likeness (QED) is 0.183. The van der Waals surface area contributed by atoms with Crippen molar-refractivity contribution in [2.24, 2.45) is 0 Å². The van der Waals surface area contributed by atoms with E-state index in [4.69, 9.17) is 0 Å². The lowest BCUT2D eigenvalue weighted by Crippen LogP contribution is -2.17. The van der Waals surface area contributed by atoms with Crippen LogP contribution in [0.3, 0.4) is 0 Å². The molecule has 1 heteroatoms.